The number of carbonyl (C=O) groups excluding carboxylic acids is 3. The molecule has 0 aromatic rings. The third kappa shape index (κ3) is 26.1. The van der Waals surface area contributed by atoms with E-state index in [0.29, 0.717) is 12.4 Å². The minimum atomic E-state index is -1.10. The van der Waals surface area contributed by atoms with Crippen LogP contribution in [0.25, 0.3) is 0 Å². The Morgan fingerprint density at radius 2 is 1.24 bits per heavy atom. The largest absolute Gasteiger partial charge is 0.465 e. The zero-order valence-electron chi connectivity index (χ0n) is 24.0. The highest BCUT2D eigenvalue weighted by Gasteiger charge is 2.13. The molecule has 0 amide bonds. The summed E-state index contributed by atoms with van der Waals surface area (Å²) in [6.07, 6.45) is 21.2. The summed E-state index contributed by atoms with van der Waals surface area (Å²) in [5.41, 5.74) is 0.227. The molecule has 1 unspecified atom stereocenters. The van der Waals surface area contributed by atoms with Gasteiger partial charge in [-0.15, -0.1) is 11.8 Å². The van der Waals surface area contributed by atoms with Gasteiger partial charge in [0, 0.05) is 11.3 Å². The van der Waals surface area contributed by atoms with E-state index in [1.165, 1.54) is 115 Å². The van der Waals surface area contributed by atoms with Gasteiger partial charge in [0.15, 0.2) is 0 Å². The Labute approximate surface area is 235 Å². The maximum Gasteiger partial charge on any atom is 0.333 e. The maximum atomic E-state index is 11.7. The van der Waals surface area contributed by atoms with E-state index >= 15 is 0 Å². The first-order valence-corrected chi connectivity index (χ1v) is 15.8. The van der Waals surface area contributed by atoms with Crippen LogP contribution >= 0.6 is 11.8 Å². The SMILES string of the molecule is C=C(C)C(=O)OCC(O)COC(=O)CSC[CH]C(=O)OCCCCCCCCCCCCCCCCCC. The lowest BCUT2D eigenvalue weighted by atomic mass is 10.0. The molecule has 7 nitrogen and oxygen atoms in total. The van der Waals surface area contributed by atoms with Gasteiger partial charge in [-0.05, 0) is 13.3 Å². The monoisotopic (exact) mass is 557 g/mol. The Kier molecular flexibility index (Phi) is 25.9. The number of hydrogen-bond acceptors (Lipinski definition) is 8. The summed E-state index contributed by atoms with van der Waals surface area (Å²) in [6.45, 7) is 7.08. The van der Waals surface area contributed by atoms with Gasteiger partial charge >= 0.3 is 17.9 Å². The first-order valence-electron chi connectivity index (χ1n) is 14.6. The van der Waals surface area contributed by atoms with Crippen LogP contribution in [-0.2, 0) is 28.6 Å². The average molecular weight is 558 g/mol. The number of carbonyl (C=O) groups is 3. The van der Waals surface area contributed by atoms with Crippen LogP contribution in [0.1, 0.15) is 117 Å². The molecule has 0 aromatic carbocycles. The Hall–Kier alpha value is -1.54. The molecule has 0 aliphatic carbocycles. The molecule has 221 valence electrons. The van der Waals surface area contributed by atoms with Gasteiger partial charge in [-0.2, -0.15) is 0 Å². The van der Waals surface area contributed by atoms with Crippen LogP contribution in [0.2, 0.25) is 0 Å². The van der Waals surface area contributed by atoms with E-state index in [1.54, 1.807) is 0 Å². The summed E-state index contributed by atoms with van der Waals surface area (Å²) in [4.78, 5) is 34.7. The summed E-state index contributed by atoms with van der Waals surface area (Å²) in [5.74, 6) is -1.12. The van der Waals surface area contributed by atoms with Crippen molar-refractivity contribution in [1.82, 2.24) is 0 Å². The number of aliphatic hydroxyl groups is 1. The number of ether oxygens (including phenoxy) is 3. The first-order chi connectivity index (χ1) is 18.4. The lowest BCUT2D eigenvalue weighted by Gasteiger charge is -2.11. The molecule has 0 fully saturated rings. The van der Waals surface area contributed by atoms with E-state index in [2.05, 4.69) is 13.5 Å². The molecule has 0 saturated heterocycles. The lowest BCUT2D eigenvalue weighted by Crippen LogP contribution is -2.26. The van der Waals surface area contributed by atoms with Crippen molar-refractivity contribution in [3.63, 3.8) is 0 Å². The van der Waals surface area contributed by atoms with Crippen molar-refractivity contribution in [2.45, 2.75) is 123 Å². The highest BCUT2D eigenvalue weighted by Crippen LogP contribution is 2.14. The van der Waals surface area contributed by atoms with Gasteiger partial charge in [-0.3, -0.25) is 9.59 Å². The van der Waals surface area contributed by atoms with Crippen LogP contribution in [0.4, 0.5) is 0 Å². The van der Waals surface area contributed by atoms with Gasteiger partial charge in [0.2, 0.25) is 0 Å². The Bertz CT molecular complexity index is 624. The standard InChI is InChI=1S/C30H53O7S/c1-4-5-6-7-8-9-10-11-12-13-14-15-16-17-18-19-21-35-28(32)20-22-38-25-29(33)36-23-27(31)24-37-30(34)26(2)3/h20,27,31H,2,4-19,21-25H2,1,3H3. The summed E-state index contributed by atoms with van der Waals surface area (Å²) < 4.78 is 14.9. The molecular weight excluding hydrogens is 504 g/mol. The second kappa shape index (κ2) is 27.0. The second-order valence-corrected chi connectivity index (χ2v) is 10.9. The van der Waals surface area contributed by atoms with Gasteiger partial charge in [-0.1, -0.05) is 110 Å². The minimum Gasteiger partial charge on any atom is -0.465 e. The van der Waals surface area contributed by atoms with Crippen molar-refractivity contribution >= 4 is 29.7 Å². The zero-order chi connectivity index (χ0) is 28.3. The van der Waals surface area contributed by atoms with Crippen molar-refractivity contribution in [3.05, 3.63) is 18.6 Å². The van der Waals surface area contributed by atoms with Crippen LogP contribution in [0.5, 0.6) is 0 Å². The lowest BCUT2D eigenvalue weighted by molar-refractivity contribution is -0.148. The van der Waals surface area contributed by atoms with Gasteiger partial charge in [0.1, 0.15) is 19.3 Å². The van der Waals surface area contributed by atoms with Crippen LogP contribution in [0, 0.1) is 6.42 Å². The van der Waals surface area contributed by atoms with E-state index in [1.807, 2.05) is 0 Å². The maximum absolute atomic E-state index is 11.7. The molecular formula is C30H53O7S. The molecule has 8 heteroatoms. The molecule has 0 aliphatic heterocycles. The molecule has 0 rings (SSSR count). The van der Waals surface area contributed by atoms with Crippen molar-refractivity contribution < 1.29 is 33.7 Å². The highest BCUT2D eigenvalue weighted by molar-refractivity contribution is 8.00. The number of aliphatic hydroxyl groups excluding tert-OH is 1. The minimum absolute atomic E-state index is 0.0428. The predicted octanol–water partition coefficient (Wildman–Crippen LogP) is 6.75. The summed E-state index contributed by atoms with van der Waals surface area (Å²) in [5, 5.41) is 9.66. The summed E-state index contributed by atoms with van der Waals surface area (Å²) in [7, 11) is 0. The highest BCUT2D eigenvalue weighted by atomic mass is 32.2. The Morgan fingerprint density at radius 3 is 1.74 bits per heavy atom. The summed E-state index contributed by atoms with van der Waals surface area (Å²) in [6, 6.07) is 0. The van der Waals surface area contributed by atoms with E-state index < -0.39 is 18.0 Å². The van der Waals surface area contributed by atoms with Crippen LogP contribution < -0.4 is 0 Å². The Balaban J connectivity index is 3.39. The second-order valence-electron chi connectivity index (χ2n) is 9.91. The molecule has 1 radical (unpaired) electrons. The van der Waals surface area contributed by atoms with Crippen molar-refractivity contribution in [2.24, 2.45) is 0 Å². The van der Waals surface area contributed by atoms with E-state index in [4.69, 9.17) is 14.2 Å². The molecule has 0 saturated carbocycles. The molecule has 0 spiro atoms. The van der Waals surface area contributed by atoms with Crippen molar-refractivity contribution in [1.29, 1.82) is 0 Å². The molecule has 0 heterocycles. The number of unbranched alkanes of at least 4 members (excludes halogenated alkanes) is 15. The fourth-order valence-corrected chi connectivity index (χ4v) is 4.35. The van der Waals surface area contributed by atoms with E-state index in [9.17, 15) is 19.5 Å². The Morgan fingerprint density at radius 1 is 0.763 bits per heavy atom. The third-order valence-corrected chi connectivity index (χ3v) is 6.86. The average Bonchev–Trinajstić information content (AvgIpc) is 2.90. The fraction of sp³-hybridized carbons (Fsp3) is 0.800. The quantitative estimate of drug-likeness (QED) is 0.0512. The van der Waals surface area contributed by atoms with Crippen molar-refractivity contribution in [2.75, 3.05) is 31.3 Å². The van der Waals surface area contributed by atoms with Gasteiger partial charge in [0.05, 0.1) is 18.8 Å². The first kappa shape index (κ1) is 36.5. The molecule has 0 bridgehead atoms. The van der Waals surface area contributed by atoms with E-state index in [0.717, 1.165) is 12.8 Å². The van der Waals surface area contributed by atoms with Gasteiger partial charge < -0.3 is 19.3 Å². The smallest absolute Gasteiger partial charge is 0.333 e. The topological polar surface area (TPSA) is 99.1 Å². The molecule has 1 N–H and O–H groups in total. The van der Waals surface area contributed by atoms with Crippen LogP contribution in [0.3, 0.4) is 0 Å². The molecule has 1 atom stereocenters. The molecule has 38 heavy (non-hydrogen) atoms. The van der Waals surface area contributed by atoms with Crippen LogP contribution in [-0.4, -0.2) is 60.4 Å². The fourth-order valence-electron chi connectivity index (χ4n) is 3.73. The van der Waals surface area contributed by atoms with Gasteiger partial charge in [0.25, 0.3) is 0 Å². The number of esters is 3. The van der Waals surface area contributed by atoms with Gasteiger partial charge in [-0.25, -0.2) is 4.79 Å². The summed E-state index contributed by atoms with van der Waals surface area (Å²) >= 11 is 1.22. The normalized spacial score (nSPS) is 11.7. The van der Waals surface area contributed by atoms with Crippen molar-refractivity contribution in [3.8, 4) is 0 Å². The zero-order valence-corrected chi connectivity index (χ0v) is 24.8. The molecule has 0 aliphatic rings. The third-order valence-electron chi connectivity index (χ3n) is 6.02. The predicted molar refractivity (Wildman–Crippen MR) is 155 cm³/mol. The van der Waals surface area contributed by atoms with E-state index in [-0.39, 0.29) is 30.5 Å². The van der Waals surface area contributed by atoms with Crippen LogP contribution in [0.15, 0.2) is 12.2 Å². The molecule has 0 aromatic heterocycles. The number of rotatable bonds is 27. The number of thioether (sulfide) groups is 1. The number of hydrogen-bond donors (Lipinski definition) is 1.